The fourth-order valence-corrected chi connectivity index (χ4v) is 7.96. The number of ether oxygens (including phenoxy) is 2. The van der Waals surface area contributed by atoms with Gasteiger partial charge in [-0.1, -0.05) is 164 Å². The second kappa shape index (κ2) is 17.4. The Morgan fingerprint density at radius 2 is 1.32 bits per heavy atom. The van der Waals surface area contributed by atoms with Crippen LogP contribution in [0.15, 0.2) is 173 Å². The van der Waals surface area contributed by atoms with E-state index < -0.39 is 6.29 Å². The molecule has 6 aromatic carbocycles. The van der Waals surface area contributed by atoms with Gasteiger partial charge in [-0.25, -0.2) is 4.98 Å². The predicted molar refractivity (Wildman–Crippen MR) is 221 cm³/mol. The summed E-state index contributed by atoms with van der Waals surface area (Å²) >= 11 is 1.54. The van der Waals surface area contributed by atoms with Gasteiger partial charge in [-0.05, 0) is 46.0 Å². The predicted octanol–water partition coefficient (Wildman–Crippen LogP) is 10.7. The molecule has 56 heavy (non-hydrogen) atoms. The van der Waals surface area contributed by atoms with Crippen LogP contribution < -0.4 is 5.32 Å². The summed E-state index contributed by atoms with van der Waals surface area (Å²) in [6.07, 6.45) is -1.06. The van der Waals surface area contributed by atoms with Crippen LogP contribution in [0.1, 0.15) is 51.9 Å². The number of hydrogen-bond donors (Lipinski definition) is 2. The van der Waals surface area contributed by atoms with Crippen LogP contribution in [0.4, 0.5) is 0 Å². The largest absolute Gasteiger partial charge is 0.431 e. The Bertz CT molecular complexity index is 2290. The lowest BCUT2D eigenvalue weighted by Crippen LogP contribution is -2.38. The summed E-state index contributed by atoms with van der Waals surface area (Å²) in [6, 6.07) is 53.9. The van der Waals surface area contributed by atoms with Gasteiger partial charge in [0.15, 0.2) is 12.1 Å². The third kappa shape index (κ3) is 8.54. The number of aliphatic hydroxyl groups is 1. The number of oxazole rings is 1. The van der Waals surface area contributed by atoms with Crippen molar-refractivity contribution in [2.45, 2.75) is 43.8 Å². The first-order chi connectivity index (χ1) is 27.5. The minimum atomic E-state index is -0.614. The van der Waals surface area contributed by atoms with Crippen molar-refractivity contribution < 1.29 is 23.8 Å². The SMILES string of the molecule is C[C@H]1[C@@H](CSc2nc(-c3ccccc3)c(-c3ccccc3)o2)O[C@@H](c2ccc(-c3cccc(CNC(=O)c4ccccc4)c3)cc2)O[C@H]1c1ccc(CO)cc1. The number of thioether (sulfide) groups is 1. The third-order valence-corrected chi connectivity index (χ3v) is 11.0. The Morgan fingerprint density at radius 3 is 2.02 bits per heavy atom. The van der Waals surface area contributed by atoms with Crippen molar-refractivity contribution in [1.82, 2.24) is 10.3 Å². The van der Waals surface area contributed by atoms with Crippen molar-refractivity contribution in [3.63, 3.8) is 0 Å². The van der Waals surface area contributed by atoms with E-state index in [1.54, 1.807) is 11.8 Å². The van der Waals surface area contributed by atoms with Gasteiger partial charge in [-0.3, -0.25) is 4.79 Å². The van der Waals surface area contributed by atoms with Crippen molar-refractivity contribution in [1.29, 1.82) is 0 Å². The van der Waals surface area contributed by atoms with Crippen LogP contribution in [0.3, 0.4) is 0 Å². The molecular formula is C48H42N2O5S. The maximum atomic E-state index is 12.6. The molecule has 8 heteroatoms. The number of rotatable bonds is 12. The summed E-state index contributed by atoms with van der Waals surface area (Å²) in [5.41, 5.74) is 9.30. The number of nitrogens with one attached hydrogen (secondary N) is 1. The Kier molecular flexibility index (Phi) is 11.5. The second-order valence-corrected chi connectivity index (χ2v) is 14.9. The molecule has 1 amide bonds. The summed E-state index contributed by atoms with van der Waals surface area (Å²) in [5.74, 6) is 1.24. The first-order valence-corrected chi connectivity index (χ1v) is 19.8. The van der Waals surface area contributed by atoms with Gasteiger partial charge in [0, 0.05) is 40.5 Å². The molecule has 0 radical (unpaired) electrons. The molecule has 0 spiro atoms. The van der Waals surface area contributed by atoms with E-state index in [1.807, 2.05) is 127 Å². The van der Waals surface area contributed by atoms with Crippen molar-refractivity contribution in [2.75, 3.05) is 5.75 Å². The number of benzene rings is 6. The molecule has 0 aliphatic carbocycles. The molecule has 7 nitrogen and oxygen atoms in total. The number of nitrogens with zero attached hydrogens (tertiary/aromatic N) is 1. The molecule has 2 N–H and O–H groups in total. The standard InChI is InChI=1S/C48H42N2O5S/c1-32-42(31-56-48-50-43(36-13-5-2-6-14-36)45(55-48)37-15-7-3-8-16-37)53-47(54-44(32)38-22-20-33(30-51)21-23-38)40-26-24-35(25-27-40)41-19-11-12-34(28-41)29-49-46(52)39-17-9-4-10-18-39/h2-28,32,42,44,47,51H,29-31H2,1H3,(H,49,52)/t32-,42+,44+,47+/m0/s1. The quantitative estimate of drug-likeness (QED) is 0.120. The van der Waals surface area contributed by atoms with Gasteiger partial charge >= 0.3 is 0 Å². The van der Waals surface area contributed by atoms with Gasteiger partial charge in [-0.2, -0.15) is 0 Å². The molecular weight excluding hydrogens is 717 g/mol. The second-order valence-electron chi connectivity index (χ2n) is 13.9. The Balaban J connectivity index is 1.02. The normalized spacial score (nSPS) is 18.0. The van der Waals surface area contributed by atoms with E-state index in [2.05, 4.69) is 48.6 Å². The van der Waals surface area contributed by atoms with E-state index in [0.29, 0.717) is 23.1 Å². The average molecular weight is 759 g/mol. The van der Waals surface area contributed by atoms with Crippen LogP contribution in [0.25, 0.3) is 33.7 Å². The van der Waals surface area contributed by atoms with Gasteiger partial charge in [0.2, 0.25) is 0 Å². The Morgan fingerprint density at radius 1 is 0.679 bits per heavy atom. The molecule has 0 bridgehead atoms. The zero-order valence-electron chi connectivity index (χ0n) is 31.0. The van der Waals surface area contributed by atoms with E-state index in [0.717, 1.165) is 56.0 Å². The molecule has 2 heterocycles. The van der Waals surface area contributed by atoms with E-state index in [1.165, 1.54) is 0 Å². The highest BCUT2D eigenvalue weighted by Crippen LogP contribution is 2.44. The number of aromatic nitrogens is 1. The highest BCUT2D eigenvalue weighted by Gasteiger charge is 2.38. The van der Waals surface area contributed by atoms with Crippen LogP contribution in [0.5, 0.6) is 0 Å². The molecule has 8 rings (SSSR count). The van der Waals surface area contributed by atoms with E-state index in [9.17, 15) is 9.90 Å². The summed E-state index contributed by atoms with van der Waals surface area (Å²) < 4.78 is 20.0. The number of aliphatic hydroxyl groups excluding tert-OH is 1. The Hall–Kier alpha value is -5.77. The molecule has 1 aliphatic heterocycles. The molecule has 280 valence electrons. The summed E-state index contributed by atoms with van der Waals surface area (Å²) in [7, 11) is 0. The van der Waals surface area contributed by atoms with Gasteiger partial charge in [0.25, 0.3) is 11.1 Å². The number of carbonyl (C=O) groups is 1. The first kappa shape index (κ1) is 37.2. The maximum absolute atomic E-state index is 12.6. The fourth-order valence-electron chi connectivity index (χ4n) is 6.97. The number of amides is 1. The van der Waals surface area contributed by atoms with Crippen LogP contribution in [-0.2, 0) is 22.6 Å². The zero-order valence-corrected chi connectivity index (χ0v) is 31.8. The maximum Gasteiger partial charge on any atom is 0.256 e. The topological polar surface area (TPSA) is 93.8 Å². The molecule has 0 saturated carbocycles. The minimum Gasteiger partial charge on any atom is -0.431 e. The van der Waals surface area contributed by atoms with Crippen LogP contribution in [-0.4, -0.2) is 27.9 Å². The van der Waals surface area contributed by atoms with Crippen LogP contribution >= 0.6 is 11.8 Å². The lowest BCUT2D eigenvalue weighted by Gasteiger charge is -2.41. The van der Waals surface area contributed by atoms with Gasteiger partial charge < -0.3 is 24.3 Å². The van der Waals surface area contributed by atoms with Crippen LogP contribution in [0, 0.1) is 5.92 Å². The van der Waals surface area contributed by atoms with Gasteiger partial charge in [0.05, 0.1) is 18.8 Å². The fraction of sp³-hybridized carbons (Fsp3) is 0.167. The molecule has 1 saturated heterocycles. The molecule has 4 atom stereocenters. The lowest BCUT2D eigenvalue weighted by atomic mass is 9.91. The average Bonchev–Trinajstić information content (AvgIpc) is 3.71. The van der Waals surface area contributed by atoms with Crippen molar-refractivity contribution in [3.05, 3.63) is 192 Å². The minimum absolute atomic E-state index is 0.000251. The van der Waals surface area contributed by atoms with Gasteiger partial charge in [0.1, 0.15) is 5.69 Å². The molecule has 1 fully saturated rings. The van der Waals surface area contributed by atoms with Crippen molar-refractivity contribution in [2.24, 2.45) is 5.92 Å². The third-order valence-electron chi connectivity index (χ3n) is 10.1. The molecule has 1 aliphatic rings. The number of carbonyl (C=O) groups excluding carboxylic acids is 1. The smallest absolute Gasteiger partial charge is 0.256 e. The van der Waals surface area contributed by atoms with Crippen molar-refractivity contribution >= 4 is 17.7 Å². The van der Waals surface area contributed by atoms with Crippen molar-refractivity contribution in [3.8, 4) is 33.7 Å². The highest BCUT2D eigenvalue weighted by atomic mass is 32.2. The Labute approximate surface area is 331 Å². The summed E-state index contributed by atoms with van der Waals surface area (Å²) in [5, 5.41) is 13.3. The van der Waals surface area contributed by atoms with E-state index in [-0.39, 0.29) is 30.6 Å². The molecule has 0 unspecified atom stereocenters. The van der Waals surface area contributed by atoms with E-state index in [4.69, 9.17) is 18.9 Å². The highest BCUT2D eigenvalue weighted by molar-refractivity contribution is 7.99. The molecule has 7 aromatic rings. The monoisotopic (exact) mass is 758 g/mol. The summed E-state index contributed by atoms with van der Waals surface area (Å²) in [4.78, 5) is 17.6. The summed E-state index contributed by atoms with van der Waals surface area (Å²) in [6.45, 7) is 2.57. The van der Waals surface area contributed by atoms with Gasteiger partial charge in [-0.15, -0.1) is 0 Å². The number of hydrogen-bond acceptors (Lipinski definition) is 7. The van der Waals surface area contributed by atoms with Crippen LogP contribution in [0.2, 0.25) is 0 Å². The van der Waals surface area contributed by atoms with E-state index >= 15 is 0 Å². The molecule has 1 aromatic heterocycles. The first-order valence-electron chi connectivity index (χ1n) is 18.8. The zero-order chi connectivity index (χ0) is 38.3. The lowest BCUT2D eigenvalue weighted by molar-refractivity contribution is -0.268.